The fourth-order valence-corrected chi connectivity index (χ4v) is 3.52. The molecule has 0 atom stereocenters. The number of ether oxygens (including phenoxy) is 1. The highest BCUT2D eigenvalue weighted by Gasteiger charge is 2.20. The van der Waals surface area contributed by atoms with Gasteiger partial charge in [0.05, 0.1) is 12.8 Å². The number of hydrogen-bond acceptors (Lipinski definition) is 4. The van der Waals surface area contributed by atoms with Crippen molar-refractivity contribution in [2.75, 3.05) is 11.8 Å². The molecule has 0 radical (unpaired) electrons. The van der Waals surface area contributed by atoms with Crippen LogP contribution in [0.2, 0.25) is 5.15 Å². The average Bonchev–Trinajstić information content (AvgIpc) is 2.43. The van der Waals surface area contributed by atoms with E-state index in [4.69, 9.17) is 16.3 Å². The molecule has 21 heavy (non-hydrogen) atoms. The van der Waals surface area contributed by atoms with Crippen LogP contribution in [0.5, 0.6) is 5.75 Å². The highest BCUT2D eigenvalue weighted by atomic mass is 79.9. The Bertz CT molecular complexity index is 786. The minimum atomic E-state index is -3.96. The van der Waals surface area contributed by atoms with E-state index in [0.717, 1.165) is 6.07 Å². The van der Waals surface area contributed by atoms with E-state index >= 15 is 0 Å². The summed E-state index contributed by atoms with van der Waals surface area (Å²) in [6.45, 7) is 0. The van der Waals surface area contributed by atoms with E-state index in [9.17, 15) is 12.8 Å². The Labute approximate surface area is 134 Å². The van der Waals surface area contributed by atoms with Gasteiger partial charge in [-0.2, -0.15) is 0 Å². The topological polar surface area (TPSA) is 68.3 Å². The molecule has 112 valence electrons. The Hall–Kier alpha value is -1.38. The van der Waals surface area contributed by atoms with Gasteiger partial charge in [-0.15, -0.1) is 0 Å². The molecule has 1 N–H and O–H groups in total. The molecule has 0 unspecified atom stereocenters. The van der Waals surface area contributed by atoms with E-state index in [1.807, 2.05) is 0 Å². The summed E-state index contributed by atoms with van der Waals surface area (Å²) in [5.74, 6) is -0.670. The van der Waals surface area contributed by atoms with Gasteiger partial charge in [0.2, 0.25) is 0 Å². The predicted molar refractivity (Wildman–Crippen MR) is 80.7 cm³/mol. The summed E-state index contributed by atoms with van der Waals surface area (Å²) in [7, 11) is -2.67. The Balaban J connectivity index is 2.40. The third-order valence-electron chi connectivity index (χ3n) is 2.47. The first kappa shape index (κ1) is 16.0. The number of nitrogens with zero attached hydrogens (tertiary/aromatic N) is 1. The molecule has 0 fully saturated rings. The molecule has 0 saturated heterocycles. The van der Waals surface area contributed by atoms with Crippen molar-refractivity contribution in [2.24, 2.45) is 0 Å². The van der Waals surface area contributed by atoms with Crippen LogP contribution in [-0.4, -0.2) is 20.5 Å². The van der Waals surface area contributed by atoms with Gasteiger partial charge in [-0.1, -0.05) is 11.6 Å². The monoisotopic (exact) mass is 394 g/mol. The van der Waals surface area contributed by atoms with Gasteiger partial charge < -0.3 is 4.74 Å². The molecule has 0 aliphatic heterocycles. The zero-order chi connectivity index (χ0) is 15.6. The third kappa shape index (κ3) is 3.63. The van der Waals surface area contributed by atoms with Crippen LogP contribution in [0.15, 0.2) is 39.8 Å². The fraction of sp³-hybridized carbons (Fsp3) is 0.0833. The number of nitrogens with one attached hydrogen (secondary N) is 1. The van der Waals surface area contributed by atoms with Crippen molar-refractivity contribution in [3.63, 3.8) is 0 Å². The van der Waals surface area contributed by atoms with Crippen molar-refractivity contribution in [1.29, 1.82) is 0 Å². The molecule has 5 nitrogen and oxygen atoms in total. The van der Waals surface area contributed by atoms with E-state index in [-0.39, 0.29) is 21.5 Å². The normalized spacial score (nSPS) is 11.2. The largest absolute Gasteiger partial charge is 0.494 e. The summed E-state index contributed by atoms with van der Waals surface area (Å²) in [4.78, 5) is 3.56. The van der Waals surface area contributed by atoms with Crippen molar-refractivity contribution in [1.82, 2.24) is 4.98 Å². The second-order valence-corrected chi connectivity index (χ2v) is 6.82. The first-order valence-corrected chi connectivity index (χ1v) is 8.16. The Morgan fingerprint density at radius 3 is 2.76 bits per heavy atom. The molecule has 1 heterocycles. The molecular weight excluding hydrogens is 387 g/mol. The first-order chi connectivity index (χ1) is 9.83. The number of anilines is 1. The van der Waals surface area contributed by atoms with Gasteiger partial charge in [-0.05, 0) is 34.1 Å². The molecule has 9 heteroatoms. The van der Waals surface area contributed by atoms with Crippen molar-refractivity contribution >= 4 is 43.2 Å². The van der Waals surface area contributed by atoms with Crippen molar-refractivity contribution in [3.05, 3.63) is 45.9 Å². The van der Waals surface area contributed by atoms with Crippen LogP contribution in [-0.2, 0) is 10.0 Å². The summed E-state index contributed by atoms with van der Waals surface area (Å²) < 4.78 is 45.4. The van der Waals surface area contributed by atoms with Crippen LogP contribution >= 0.6 is 27.5 Å². The van der Waals surface area contributed by atoms with Gasteiger partial charge in [0.1, 0.15) is 10.0 Å². The van der Waals surface area contributed by atoms with Crippen LogP contribution in [0.3, 0.4) is 0 Å². The van der Waals surface area contributed by atoms with Gasteiger partial charge in [0.25, 0.3) is 10.0 Å². The lowest BCUT2D eigenvalue weighted by Gasteiger charge is -2.10. The average molecular weight is 396 g/mol. The van der Waals surface area contributed by atoms with Gasteiger partial charge in [0.15, 0.2) is 11.6 Å². The maximum absolute atomic E-state index is 13.3. The summed E-state index contributed by atoms with van der Waals surface area (Å²) in [6, 6.07) is 4.91. The zero-order valence-corrected chi connectivity index (χ0v) is 13.8. The minimum absolute atomic E-state index is 0.0753. The number of rotatable bonds is 4. The summed E-state index contributed by atoms with van der Waals surface area (Å²) in [5, 5.41) is -0.167. The van der Waals surface area contributed by atoms with Crippen LogP contribution < -0.4 is 9.46 Å². The summed E-state index contributed by atoms with van der Waals surface area (Å²) >= 11 is 8.92. The van der Waals surface area contributed by atoms with Crippen molar-refractivity contribution in [3.8, 4) is 5.75 Å². The Morgan fingerprint density at radius 1 is 1.38 bits per heavy atom. The Kier molecular flexibility index (Phi) is 4.70. The van der Waals surface area contributed by atoms with Crippen LogP contribution in [0.4, 0.5) is 10.1 Å². The van der Waals surface area contributed by atoms with E-state index < -0.39 is 15.8 Å². The van der Waals surface area contributed by atoms with E-state index in [1.54, 1.807) is 0 Å². The van der Waals surface area contributed by atoms with E-state index in [0.29, 0.717) is 4.47 Å². The predicted octanol–water partition coefficient (Wildman–Crippen LogP) is 3.45. The summed E-state index contributed by atoms with van der Waals surface area (Å²) in [5.41, 5.74) is 0.143. The highest BCUT2D eigenvalue weighted by molar-refractivity contribution is 9.10. The number of sulfonamides is 1. The third-order valence-corrected chi connectivity index (χ3v) is 4.71. The van der Waals surface area contributed by atoms with Gasteiger partial charge >= 0.3 is 0 Å². The van der Waals surface area contributed by atoms with Gasteiger partial charge in [-0.25, -0.2) is 17.8 Å². The lowest BCUT2D eigenvalue weighted by atomic mass is 10.3. The molecule has 0 amide bonds. The standard InChI is InChI=1S/C12H9BrClFN2O3S/c1-20-10-5-8(2-3-9(10)15)17-21(18,19)11-4-7(13)6-16-12(11)14/h2-6,17H,1H3. The number of benzene rings is 1. The van der Waals surface area contributed by atoms with Gasteiger partial charge in [0, 0.05) is 16.7 Å². The minimum Gasteiger partial charge on any atom is -0.494 e. The van der Waals surface area contributed by atoms with Crippen LogP contribution in [0, 0.1) is 5.82 Å². The molecule has 0 aliphatic rings. The zero-order valence-electron chi connectivity index (χ0n) is 10.6. The summed E-state index contributed by atoms with van der Waals surface area (Å²) in [6.07, 6.45) is 1.38. The number of hydrogen-bond donors (Lipinski definition) is 1. The molecule has 0 saturated carbocycles. The molecule has 2 aromatic rings. The first-order valence-electron chi connectivity index (χ1n) is 5.51. The number of halogens is 3. The maximum Gasteiger partial charge on any atom is 0.265 e. The molecule has 1 aromatic carbocycles. The molecule has 0 aliphatic carbocycles. The van der Waals surface area contributed by atoms with E-state index in [1.165, 1.54) is 31.5 Å². The lowest BCUT2D eigenvalue weighted by Crippen LogP contribution is -2.14. The van der Waals surface area contributed by atoms with Crippen molar-refractivity contribution < 1.29 is 17.5 Å². The number of methoxy groups -OCH3 is 1. The lowest BCUT2D eigenvalue weighted by molar-refractivity contribution is 0.387. The Morgan fingerprint density at radius 2 is 2.10 bits per heavy atom. The quantitative estimate of drug-likeness (QED) is 0.805. The molecule has 1 aromatic heterocycles. The molecular formula is C12H9BrClFN2O3S. The molecule has 0 spiro atoms. The number of pyridine rings is 1. The highest BCUT2D eigenvalue weighted by Crippen LogP contribution is 2.27. The van der Waals surface area contributed by atoms with Crippen LogP contribution in [0.25, 0.3) is 0 Å². The van der Waals surface area contributed by atoms with E-state index in [2.05, 4.69) is 25.6 Å². The van der Waals surface area contributed by atoms with Gasteiger partial charge in [-0.3, -0.25) is 4.72 Å². The smallest absolute Gasteiger partial charge is 0.265 e. The maximum atomic E-state index is 13.3. The fourth-order valence-electron chi connectivity index (χ4n) is 1.53. The second kappa shape index (κ2) is 6.17. The molecule has 0 bridgehead atoms. The van der Waals surface area contributed by atoms with Crippen LogP contribution in [0.1, 0.15) is 0 Å². The SMILES string of the molecule is COc1cc(NS(=O)(=O)c2cc(Br)cnc2Cl)ccc1F. The molecule has 2 rings (SSSR count). The van der Waals surface area contributed by atoms with Crippen molar-refractivity contribution in [2.45, 2.75) is 4.90 Å². The second-order valence-electron chi connectivity index (χ2n) is 3.90. The number of aromatic nitrogens is 1.